The van der Waals surface area contributed by atoms with Crippen molar-refractivity contribution in [2.75, 3.05) is 0 Å². The van der Waals surface area contributed by atoms with Gasteiger partial charge in [-0.25, -0.2) is 0 Å². The SMILES string of the molecule is CC1(C)c2ccccc2Oc2ccccc21.c1ccc(Pc2ccccc2)cc1.c1ccc(Pc2ccccc2)cc1. The molecule has 42 heavy (non-hydrogen) atoms. The molecule has 1 aliphatic heterocycles. The van der Waals surface area contributed by atoms with Crippen LogP contribution in [0.3, 0.4) is 0 Å². The molecule has 0 unspecified atom stereocenters. The van der Waals surface area contributed by atoms with E-state index >= 15 is 0 Å². The highest BCUT2D eigenvalue weighted by Gasteiger charge is 2.33. The summed E-state index contributed by atoms with van der Waals surface area (Å²) >= 11 is 0. The maximum absolute atomic E-state index is 5.91. The van der Waals surface area contributed by atoms with E-state index in [0.29, 0.717) is 0 Å². The molecule has 1 heterocycles. The lowest BCUT2D eigenvalue weighted by Crippen LogP contribution is -2.23. The number of hydrogen-bond donors (Lipinski definition) is 0. The van der Waals surface area contributed by atoms with E-state index in [9.17, 15) is 0 Å². The van der Waals surface area contributed by atoms with E-state index in [1.165, 1.54) is 32.3 Å². The van der Waals surface area contributed by atoms with Crippen LogP contribution in [-0.4, -0.2) is 0 Å². The average Bonchev–Trinajstić information content (AvgIpc) is 3.04. The average molecular weight is 583 g/mol. The number of benzene rings is 6. The zero-order chi connectivity index (χ0) is 29.0. The molecular weight excluding hydrogens is 546 g/mol. The molecule has 208 valence electrons. The van der Waals surface area contributed by atoms with Crippen LogP contribution in [0.15, 0.2) is 170 Å². The molecule has 7 rings (SSSR count). The largest absolute Gasteiger partial charge is 0.457 e. The zero-order valence-corrected chi connectivity index (χ0v) is 26.1. The van der Waals surface area contributed by atoms with Crippen molar-refractivity contribution in [3.05, 3.63) is 181 Å². The lowest BCUT2D eigenvalue weighted by Gasteiger charge is -2.34. The monoisotopic (exact) mass is 582 g/mol. The molecule has 0 N–H and O–H groups in total. The molecule has 0 saturated heterocycles. The number of ether oxygens (including phenoxy) is 1. The summed E-state index contributed by atoms with van der Waals surface area (Å²) < 4.78 is 5.91. The Bertz CT molecular complexity index is 1450. The summed E-state index contributed by atoms with van der Waals surface area (Å²) in [5.74, 6) is 1.96. The Morgan fingerprint density at radius 1 is 0.357 bits per heavy atom. The lowest BCUT2D eigenvalue weighted by molar-refractivity contribution is 0.418. The van der Waals surface area contributed by atoms with Gasteiger partial charge in [-0.2, -0.15) is 0 Å². The van der Waals surface area contributed by atoms with Crippen molar-refractivity contribution in [1.82, 2.24) is 0 Å². The first-order valence-electron chi connectivity index (χ1n) is 14.2. The van der Waals surface area contributed by atoms with Crippen LogP contribution in [0.5, 0.6) is 11.5 Å². The van der Waals surface area contributed by atoms with Crippen LogP contribution in [0, 0.1) is 0 Å². The fraction of sp³-hybridized carbons (Fsp3) is 0.0769. The fourth-order valence-corrected chi connectivity index (χ4v) is 6.93. The third kappa shape index (κ3) is 8.04. The minimum Gasteiger partial charge on any atom is -0.457 e. The van der Waals surface area contributed by atoms with Gasteiger partial charge in [-0.15, -0.1) is 0 Å². The molecule has 6 aromatic rings. The summed E-state index contributed by atoms with van der Waals surface area (Å²) in [5, 5.41) is 5.59. The topological polar surface area (TPSA) is 9.23 Å². The number of fused-ring (bicyclic) bond motifs is 2. The van der Waals surface area contributed by atoms with E-state index in [0.717, 1.165) is 28.7 Å². The van der Waals surface area contributed by atoms with Crippen LogP contribution in [0.2, 0.25) is 0 Å². The third-order valence-electron chi connectivity index (χ3n) is 7.01. The standard InChI is InChI=1S/C15H14O.2C12H11P/c1-15(2)11-7-3-5-9-13(11)16-14-10-6-4-8-12(14)15;2*1-3-7-11(8-4-1)13-12-9-5-2-6-10-12/h3-10H,1-2H3;2*1-10,13H. The molecule has 0 fully saturated rings. The molecule has 0 atom stereocenters. The fourth-order valence-electron chi connectivity index (χ4n) is 4.83. The highest BCUT2D eigenvalue weighted by Crippen LogP contribution is 2.47. The number of para-hydroxylation sites is 2. The summed E-state index contributed by atoms with van der Waals surface area (Å²) in [6.07, 6.45) is 0. The molecule has 0 saturated carbocycles. The van der Waals surface area contributed by atoms with E-state index < -0.39 is 0 Å². The van der Waals surface area contributed by atoms with E-state index in [1.807, 2.05) is 24.3 Å². The van der Waals surface area contributed by atoms with Crippen molar-refractivity contribution in [2.24, 2.45) is 0 Å². The van der Waals surface area contributed by atoms with Gasteiger partial charge in [0.15, 0.2) is 0 Å². The van der Waals surface area contributed by atoms with Crippen molar-refractivity contribution in [3.63, 3.8) is 0 Å². The Labute approximate surface area is 254 Å². The second kappa shape index (κ2) is 14.7. The van der Waals surface area contributed by atoms with Gasteiger partial charge < -0.3 is 4.74 Å². The highest BCUT2D eigenvalue weighted by atomic mass is 31.1. The van der Waals surface area contributed by atoms with E-state index in [-0.39, 0.29) is 5.41 Å². The quantitative estimate of drug-likeness (QED) is 0.189. The molecule has 6 aromatic carbocycles. The molecule has 0 bridgehead atoms. The first-order valence-corrected chi connectivity index (χ1v) is 16.2. The molecule has 0 spiro atoms. The minimum absolute atomic E-state index is 0.0193. The maximum Gasteiger partial charge on any atom is 0.131 e. The van der Waals surface area contributed by atoms with Crippen LogP contribution in [-0.2, 0) is 5.41 Å². The Balaban J connectivity index is 0.000000127. The van der Waals surface area contributed by atoms with E-state index in [1.54, 1.807) is 0 Å². The summed E-state index contributed by atoms with van der Waals surface area (Å²) in [5.41, 5.74) is 2.54. The van der Waals surface area contributed by atoms with Crippen molar-refractivity contribution >= 4 is 38.4 Å². The summed E-state index contributed by atoms with van der Waals surface area (Å²) in [6, 6.07) is 58.8. The minimum atomic E-state index is 0.0193. The van der Waals surface area contributed by atoms with Crippen LogP contribution in [0.1, 0.15) is 25.0 Å². The summed E-state index contributed by atoms with van der Waals surface area (Å²) in [6.45, 7) is 4.49. The summed E-state index contributed by atoms with van der Waals surface area (Å²) in [4.78, 5) is 0. The second-order valence-corrected chi connectivity index (χ2v) is 13.2. The molecule has 0 aromatic heterocycles. The molecule has 3 heteroatoms. The van der Waals surface area contributed by atoms with Gasteiger partial charge in [-0.05, 0) is 33.4 Å². The van der Waals surface area contributed by atoms with Crippen molar-refractivity contribution in [3.8, 4) is 11.5 Å². The molecule has 0 aliphatic carbocycles. The van der Waals surface area contributed by atoms with Crippen LogP contribution in [0.25, 0.3) is 0 Å². The first kappa shape index (κ1) is 29.5. The van der Waals surface area contributed by atoms with Crippen molar-refractivity contribution in [2.45, 2.75) is 19.3 Å². The molecule has 1 nitrogen and oxygen atoms in total. The Morgan fingerprint density at radius 2 is 0.619 bits per heavy atom. The normalized spacial score (nSPS) is 12.1. The second-order valence-electron chi connectivity index (χ2n) is 10.4. The van der Waals surface area contributed by atoms with Gasteiger partial charge in [-0.1, -0.05) is 189 Å². The Morgan fingerprint density at radius 3 is 0.929 bits per heavy atom. The van der Waals surface area contributed by atoms with Gasteiger partial charge in [0.1, 0.15) is 11.5 Å². The molecule has 0 radical (unpaired) electrons. The van der Waals surface area contributed by atoms with Gasteiger partial charge in [-0.3, -0.25) is 0 Å². The third-order valence-corrected chi connectivity index (χ3v) is 9.50. The molecular formula is C39H36OP2. The maximum atomic E-state index is 5.91. The van der Waals surface area contributed by atoms with E-state index in [2.05, 4.69) is 159 Å². The van der Waals surface area contributed by atoms with Gasteiger partial charge in [0, 0.05) is 16.5 Å². The highest BCUT2D eigenvalue weighted by molar-refractivity contribution is 7.55. The first-order chi connectivity index (χ1) is 20.6. The Hall–Kier alpha value is -4.02. The van der Waals surface area contributed by atoms with Crippen molar-refractivity contribution < 1.29 is 4.74 Å². The van der Waals surface area contributed by atoms with Crippen LogP contribution < -0.4 is 26.0 Å². The van der Waals surface area contributed by atoms with Gasteiger partial charge in [0.25, 0.3) is 0 Å². The number of hydrogen-bond acceptors (Lipinski definition) is 1. The molecule has 0 amide bonds. The zero-order valence-electron chi connectivity index (χ0n) is 24.1. The smallest absolute Gasteiger partial charge is 0.131 e. The predicted molar refractivity (Wildman–Crippen MR) is 186 cm³/mol. The van der Waals surface area contributed by atoms with Gasteiger partial charge in [0.05, 0.1) is 0 Å². The van der Waals surface area contributed by atoms with Crippen LogP contribution >= 0.6 is 17.2 Å². The Kier molecular flexibility index (Phi) is 10.3. The van der Waals surface area contributed by atoms with Gasteiger partial charge in [0.2, 0.25) is 0 Å². The van der Waals surface area contributed by atoms with Crippen LogP contribution in [0.4, 0.5) is 0 Å². The summed E-state index contributed by atoms with van der Waals surface area (Å²) in [7, 11) is 1.55. The lowest BCUT2D eigenvalue weighted by atomic mass is 9.76. The van der Waals surface area contributed by atoms with E-state index in [4.69, 9.17) is 4.74 Å². The van der Waals surface area contributed by atoms with Crippen molar-refractivity contribution in [1.29, 1.82) is 0 Å². The molecule has 1 aliphatic rings. The number of rotatable bonds is 4. The predicted octanol–water partition coefficient (Wildman–Crippen LogP) is 8.75. The van der Waals surface area contributed by atoms with Gasteiger partial charge >= 0.3 is 0 Å².